The number of nitro benzene ring substituents is 1. The lowest BCUT2D eigenvalue weighted by molar-refractivity contribution is -0.384. The quantitative estimate of drug-likeness (QED) is 0.639. The van der Waals surface area contributed by atoms with Crippen LogP contribution in [0.5, 0.6) is 0 Å². The molecule has 1 unspecified atom stereocenters. The Morgan fingerprint density at radius 1 is 1.26 bits per heavy atom. The molecule has 0 fully saturated rings. The Morgan fingerprint density at radius 2 is 1.96 bits per heavy atom. The highest BCUT2D eigenvalue weighted by Gasteiger charge is 2.21. The fourth-order valence-corrected chi connectivity index (χ4v) is 2.37. The van der Waals surface area contributed by atoms with Crippen molar-refractivity contribution in [1.29, 1.82) is 0 Å². The van der Waals surface area contributed by atoms with Gasteiger partial charge in [0.15, 0.2) is 0 Å². The first kappa shape index (κ1) is 16.6. The summed E-state index contributed by atoms with van der Waals surface area (Å²) in [7, 11) is 0. The Morgan fingerprint density at radius 3 is 2.57 bits per heavy atom. The number of carbonyl (C=O) groups is 1. The van der Waals surface area contributed by atoms with Crippen LogP contribution in [-0.2, 0) is 4.79 Å². The number of anilines is 1. The Labute approximate surface area is 133 Å². The number of non-ortho nitro benzene ring substituents is 1. The number of hydrogen-bond donors (Lipinski definition) is 1. The molecule has 1 N–H and O–H groups in total. The van der Waals surface area contributed by atoms with Crippen LogP contribution in [0.3, 0.4) is 0 Å². The molecule has 2 aromatic carbocycles. The third-order valence-electron chi connectivity index (χ3n) is 3.51. The van der Waals surface area contributed by atoms with Crippen LogP contribution in [0.4, 0.5) is 15.8 Å². The van der Waals surface area contributed by atoms with E-state index in [2.05, 4.69) is 5.32 Å². The maximum absolute atomic E-state index is 13.8. The van der Waals surface area contributed by atoms with Crippen LogP contribution in [0.2, 0.25) is 0 Å². The molecule has 0 radical (unpaired) electrons. The SMILES string of the molecule is CCCC(C(=O)Nc1cc([N+](=O)[O-])ccc1F)c1ccccc1. The number of nitrogens with one attached hydrogen (secondary N) is 1. The molecule has 0 bridgehead atoms. The van der Waals surface area contributed by atoms with Crippen molar-refractivity contribution in [2.45, 2.75) is 25.7 Å². The van der Waals surface area contributed by atoms with Gasteiger partial charge in [-0.3, -0.25) is 14.9 Å². The molecule has 0 heterocycles. The van der Waals surface area contributed by atoms with Crippen LogP contribution in [0.25, 0.3) is 0 Å². The lowest BCUT2D eigenvalue weighted by Crippen LogP contribution is -2.21. The van der Waals surface area contributed by atoms with Gasteiger partial charge in [-0.25, -0.2) is 4.39 Å². The van der Waals surface area contributed by atoms with E-state index in [9.17, 15) is 19.3 Å². The summed E-state index contributed by atoms with van der Waals surface area (Å²) < 4.78 is 13.8. The normalized spacial score (nSPS) is 11.7. The van der Waals surface area contributed by atoms with E-state index >= 15 is 0 Å². The van der Waals surface area contributed by atoms with Crippen LogP contribution in [0, 0.1) is 15.9 Å². The highest BCUT2D eigenvalue weighted by Crippen LogP contribution is 2.26. The zero-order chi connectivity index (χ0) is 16.8. The highest BCUT2D eigenvalue weighted by molar-refractivity contribution is 5.96. The number of rotatable bonds is 6. The van der Waals surface area contributed by atoms with Gasteiger partial charge in [0, 0.05) is 12.1 Å². The van der Waals surface area contributed by atoms with Crippen molar-refractivity contribution in [2.75, 3.05) is 5.32 Å². The largest absolute Gasteiger partial charge is 0.323 e. The molecule has 2 aromatic rings. The molecule has 1 atom stereocenters. The maximum atomic E-state index is 13.8. The van der Waals surface area contributed by atoms with E-state index in [1.54, 1.807) is 0 Å². The molecule has 0 spiro atoms. The summed E-state index contributed by atoms with van der Waals surface area (Å²) in [6.07, 6.45) is 1.39. The first-order valence-corrected chi connectivity index (χ1v) is 7.32. The van der Waals surface area contributed by atoms with Gasteiger partial charge in [-0.1, -0.05) is 43.7 Å². The Bertz CT molecular complexity index is 704. The second-order valence-electron chi connectivity index (χ2n) is 5.16. The summed E-state index contributed by atoms with van der Waals surface area (Å²) in [5, 5.41) is 13.2. The second kappa shape index (κ2) is 7.49. The Kier molecular flexibility index (Phi) is 5.41. The van der Waals surface area contributed by atoms with E-state index in [0.29, 0.717) is 6.42 Å². The van der Waals surface area contributed by atoms with Crippen molar-refractivity contribution in [3.8, 4) is 0 Å². The summed E-state index contributed by atoms with van der Waals surface area (Å²) in [6.45, 7) is 1.96. The monoisotopic (exact) mass is 316 g/mol. The zero-order valence-corrected chi connectivity index (χ0v) is 12.7. The fourth-order valence-electron chi connectivity index (χ4n) is 2.37. The van der Waals surface area contributed by atoms with Gasteiger partial charge >= 0.3 is 0 Å². The molecule has 0 aliphatic rings. The molecule has 0 aromatic heterocycles. The predicted octanol–water partition coefficient (Wildman–Crippen LogP) is 4.26. The maximum Gasteiger partial charge on any atom is 0.271 e. The topological polar surface area (TPSA) is 72.2 Å². The number of nitrogens with zero attached hydrogens (tertiary/aromatic N) is 1. The smallest absolute Gasteiger partial charge is 0.271 e. The molecule has 6 heteroatoms. The highest BCUT2D eigenvalue weighted by atomic mass is 19.1. The molecule has 5 nitrogen and oxygen atoms in total. The standard InChI is InChI=1S/C17H17FN2O3/c1-2-6-14(12-7-4-3-5-8-12)17(21)19-16-11-13(20(22)23)9-10-15(16)18/h3-5,7-11,14H,2,6H2,1H3,(H,19,21). The van der Waals surface area contributed by atoms with Gasteiger partial charge < -0.3 is 5.32 Å². The van der Waals surface area contributed by atoms with E-state index in [0.717, 1.165) is 30.2 Å². The van der Waals surface area contributed by atoms with Crippen LogP contribution in [-0.4, -0.2) is 10.8 Å². The molecule has 0 aliphatic heterocycles. The van der Waals surface area contributed by atoms with Gasteiger partial charge in [0.2, 0.25) is 5.91 Å². The first-order valence-electron chi connectivity index (χ1n) is 7.32. The van der Waals surface area contributed by atoms with E-state index in [-0.39, 0.29) is 17.3 Å². The average molecular weight is 316 g/mol. The second-order valence-corrected chi connectivity index (χ2v) is 5.16. The molecule has 0 aliphatic carbocycles. The summed E-state index contributed by atoms with van der Waals surface area (Å²) in [4.78, 5) is 22.6. The molecule has 2 rings (SSSR count). The van der Waals surface area contributed by atoms with Crippen LogP contribution >= 0.6 is 0 Å². The van der Waals surface area contributed by atoms with Crippen LogP contribution < -0.4 is 5.32 Å². The number of benzene rings is 2. The van der Waals surface area contributed by atoms with Gasteiger partial charge in [0.25, 0.3) is 5.69 Å². The summed E-state index contributed by atoms with van der Waals surface area (Å²) in [5.41, 5.74) is 0.382. The van der Waals surface area contributed by atoms with E-state index in [1.807, 2.05) is 37.3 Å². The number of nitro groups is 1. The molecule has 23 heavy (non-hydrogen) atoms. The zero-order valence-electron chi connectivity index (χ0n) is 12.7. The third kappa shape index (κ3) is 4.12. The van der Waals surface area contributed by atoms with Crippen molar-refractivity contribution < 1.29 is 14.1 Å². The lowest BCUT2D eigenvalue weighted by atomic mass is 9.93. The number of hydrogen-bond acceptors (Lipinski definition) is 3. The minimum atomic E-state index is -0.702. The first-order chi connectivity index (χ1) is 11.0. The lowest BCUT2D eigenvalue weighted by Gasteiger charge is -2.16. The van der Waals surface area contributed by atoms with Crippen molar-refractivity contribution in [3.05, 3.63) is 70.0 Å². The van der Waals surface area contributed by atoms with E-state index in [1.165, 1.54) is 0 Å². The van der Waals surface area contributed by atoms with Crippen LogP contribution in [0.1, 0.15) is 31.2 Å². The van der Waals surface area contributed by atoms with Crippen molar-refractivity contribution >= 4 is 17.3 Å². The number of carbonyl (C=O) groups excluding carboxylic acids is 1. The van der Waals surface area contributed by atoms with Crippen molar-refractivity contribution in [1.82, 2.24) is 0 Å². The molecule has 0 saturated heterocycles. The minimum absolute atomic E-state index is 0.179. The van der Waals surface area contributed by atoms with Crippen LogP contribution in [0.15, 0.2) is 48.5 Å². The van der Waals surface area contributed by atoms with Gasteiger partial charge in [0.1, 0.15) is 5.82 Å². The van der Waals surface area contributed by atoms with Crippen molar-refractivity contribution in [2.24, 2.45) is 0 Å². The van der Waals surface area contributed by atoms with Gasteiger partial charge in [-0.15, -0.1) is 0 Å². The van der Waals surface area contributed by atoms with Crippen molar-refractivity contribution in [3.63, 3.8) is 0 Å². The summed E-state index contributed by atoms with van der Waals surface area (Å²) >= 11 is 0. The Balaban J connectivity index is 2.25. The molecule has 1 amide bonds. The van der Waals surface area contributed by atoms with Gasteiger partial charge in [-0.05, 0) is 18.1 Å². The number of halogens is 1. The van der Waals surface area contributed by atoms with E-state index in [4.69, 9.17) is 0 Å². The minimum Gasteiger partial charge on any atom is -0.323 e. The summed E-state index contributed by atoms with van der Waals surface area (Å²) in [5.74, 6) is -1.51. The Hall–Kier alpha value is -2.76. The third-order valence-corrected chi connectivity index (χ3v) is 3.51. The van der Waals surface area contributed by atoms with E-state index < -0.39 is 16.7 Å². The number of amides is 1. The van der Waals surface area contributed by atoms with Gasteiger partial charge in [-0.2, -0.15) is 0 Å². The molecular formula is C17H17FN2O3. The average Bonchev–Trinajstić information content (AvgIpc) is 2.55. The molecule has 0 saturated carbocycles. The summed E-state index contributed by atoms with van der Waals surface area (Å²) in [6, 6.07) is 12.3. The molecular weight excluding hydrogens is 299 g/mol. The fraction of sp³-hybridized carbons (Fsp3) is 0.235. The predicted molar refractivity (Wildman–Crippen MR) is 85.8 cm³/mol. The molecule has 120 valence electrons. The van der Waals surface area contributed by atoms with Gasteiger partial charge in [0.05, 0.1) is 16.5 Å².